The molecule has 0 aliphatic carbocycles. The van der Waals surface area contributed by atoms with Crippen LogP contribution in [0, 0.1) is 0 Å². The molecule has 1 rings (SSSR count). The zero-order valence-electron chi connectivity index (χ0n) is 25.4. The highest BCUT2D eigenvalue weighted by Gasteiger charge is 2.24. The van der Waals surface area contributed by atoms with Crippen molar-refractivity contribution in [2.45, 2.75) is 194 Å². The Labute approximate surface area is 229 Å². The molecule has 36 heavy (non-hydrogen) atoms. The standard InChI is InChI=1S/C34H68N2/c1-4-7-10-13-15-17-19-21-23-25-28-31-36-33-32-35(34(36)29-26-12-9-6-3)30-27-24-22-20-18-16-14-11-8-5-2/h32-34H,4-31H2,1-3H3. The van der Waals surface area contributed by atoms with Crippen LogP contribution in [0.4, 0.5) is 0 Å². The SMILES string of the molecule is CCCCCCCCCCCCCN1C=CN(CCCCCCCCCCCC)C1CCCCCC. The molecule has 1 heterocycles. The second-order valence-corrected chi connectivity index (χ2v) is 11.8. The van der Waals surface area contributed by atoms with Gasteiger partial charge >= 0.3 is 0 Å². The Morgan fingerprint density at radius 1 is 0.361 bits per heavy atom. The lowest BCUT2D eigenvalue weighted by Gasteiger charge is -2.33. The summed E-state index contributed by atoms with van der Waals surface area (Å²) in [6.45, 7) is 9.47. The molecule has 2 nitrogen and oxygen atoms in total. The highest BCUT2D eigenvalue weighted by Crippen LogP contribution is 2.23. The Morgan fingerprint density at radius 3 is 0.972 bits per heavy atom. The Morgan fingerprint density at radius 2 is 0.639 bits per heavy atom. The molecule has 0 bridgehead atoms. The van der Waals surface area contributed by atoms with Gasteiger partial charge in [0.05, 0.1) is 0 Å². The van der Waals surface area contributed by atoms with Crippen LogP contribution in [0.5, 0.6) is 0 Å². The van der Waals surface area contributed by atoms with Gasteiger partial charge in [-0.3, -0.25) is 0 Å². The van der Waals surface area contributed by atoms with Crippen molar-refractivity contribution in [3.05, 3.63) is 12.4 Å². The van der Waals surface area contributed by atoms with Crippen molar-refractivity contribution < 1.29 is 0 Å². The minimum Gasteiger partial charge on any atom is -0.356 e. The summed E-state index contributed by atoms with van der Waals surface area (Å²) in [6, 6.07) is 0. The lowest BCUT2D eigenvalue weighted by atomic mass is 10.1. The minimum atomic E-state index is 0.642. The van der Waals surface area contributed by atoms with E-state index in [1.54, 1.807) is 0 Å². The van der Waals surface area contributed by atoms with Crippen LogP contribution in [-0.2, 0) is 0 Å². The topological polar surface area (TPSA) is 6.48 Å². The first-order valence-electron chi connectivity index (χ1n) is 17.0. The van der Waals surface area contributed by atoms with Gasteiger partial charge in [0.2, 0.25) is 0 Å². The minimum absolute atomic E-state index is 0.642. The summed E-state index contributed by atoms with van der Waals surface area (Å²) >= 11 is 0. The molecule has 1 atom stereocenters. The Kier molecular flexibility index (Phi) is 24.1. The van der Waals surface area contributed by atoms with Gasteiger partial charge in [-0.15, -0.1) is 0 Å². The maximum atomic E-state index is 2.69. The second kappa shape index (κ2) is 26.0. The lowest BCUT2D eigenvalue weighted by molar-refractivity contribution is 0.135. The van der Waals surface area contributed by atoms with Crippen molar-refractivity contribution in [1.82, 2.24) is 9.80 Å². The molecule has 2 heteroatoms. The smallest absolute Gasteiger partial charge is 0.101 e. The third-order valence-electron chi connectivity index (χ3n) is 8.32. The average Bonchev–Trinajstić information content (AvgIpc) is 3.27. The van der Waals surface area contributed by atoms with Crippen molar-refractivity contribution in [2.75, 3.05) is 13.1 Å². The summed E-state index contributed by atoms with van der Waals surface area (Å²) in [4.78, 5) is 5.38. The molecular formula is C34H68N2. The van der Waals surface area contributed by atoms with E-state index in [-0.39, 0.29) is 0 Å². The van der Waals surface area contributed by atoms with E-state index in [9.17, 15) is 0 Å². The summed E-state index contributed by atoms with van der Waals surface area (Å²) in [5.74, 6) is 0. The Bertz CT molecular complexity index is 460. The molecule has 1 aliphatic heterocycles. The molecule has 0 spiro atoms. The number of hydrogen-bond donors (Lipinski definition) is 0. The predicted molar refractivity (Wildman–Crippen MR) is 163 cm³/mol. The molecule has 0 saturated carbocycles. The lowest BCUT2D eigenvalue weighted by Crippen LogP contribution is -2.39. The monoisotopic (exact) mass is 505 g/mol. The molecule has 0 amide bonds. The van der Waals surface area contributed by atoms with Gasteiger partial charge in [-0.05, 0) is 25.7 Å². The van der Waals surface area contributed by atoms with Crippen molar-refractivity contribution >= 4 is 0 Å². The maximum absolute atomic E-state index is 2.69. The van der Waals surface area contributed by atoms with Gasteiger partial charge in [-0.1, -0.05) is 162 Å². The van der Waals surface area contributed by atoms with E-state index >= 15 is 0 Å². The van der Waals surface area contributed by atoms with Crippen LogP contribution in [-0.4, -0.2) is 29.1 Å². The van der Waals surface area contributed by atoms with E-state index in [2.05, 4.69) is 43.0 Å². The van der Waals surface area contributed by atoms with E-state index in [4.69, 9.17) is 0 Å². The molecule has 0 aromatic heterocycles. The van der Waals surface area contributed by atoms with Crippen LogP contribution < -0.4 is 0 Å². The summed E-state index contributed by atoms with van der Waals surface area (Å²) in [5.41, 5.74) is 0. The molecule has 1 aliphatic rings. The number of hydrogen-bond acceptors (Lipinski definition) is 2. The maximum Gasteiger partial charge on any atom is 0.101 e. The molecule has 0 radical (unpaired) electrons. The molecule has 214 valence electrons. The van der Waals surface area contributed by atoms with Gasteiger partial charge < -0.3 is 9.80 Å². The molecule has 0 aromatic carbocycles. The third-order valence-corrected chi connectivity index (χ3v) is 8.32. The third kappa shape index (κ3) is 18.6. The molecule has 0 N–H and O–H groups in total. The fourth-order valence-corrected chi connectivity index (χ4v) is 5.83. The van der Waals surface area contributed by atoms with Gasteiger partial charge in [0, 0.05) is 25.5 Å². The van der Waals surface area contributed by atoms with Crippen LogP contribution in [0.2, 0.25) is 0 Å². The Balaban J connectivity index is 2.16. The molecular weight excluding hydrogens is 436 g/mol. The number of rotatable bonds is 28. The van der Waals surface area contributed by atoms with Crippen molar-refractivity contribution in [3.8, 4) is 0 Å². The summed E-state index contributed by atoms with van der Waals surface area (Å²) in [7, 11) is 0. The van der Waals surface area contributed by atoms with Crippen molar-refractivity contribution in [3.63, 3.8) is 0 Å². The zero-order valence-corrected chi connectivity index (χ0v) is 25.4. The second-order valence-electron chi connectivity index (χ2n) is 11.8. The summed E-state index contributed by atoms with van der Waals surface area (Å²) < 4.78 is 0. The molecule has 0 fully saturated rings. The van der Waals surface area contributed by atoms with Crippen LogP contribution in [0.25, 0.3) is 0 Å². The normalized spacial score (nSPS) is 15.5. The van der Waals surface area contributed by atoms with E-state index in [0.717, 1.165) is 0 Å². The summed E-state index contributed by atoms with van der Waals surface area (Å²) in [6.07, 6.45) is 42.5. The van der Waals surface area contributed by atoms with Gasteiger partial charge in [0.25, 0.3) is 0 Å². The van der Waals surface area contributed by atoms with Gasteiger partial charge in [0.15, 0.2) is 0 Å². The van der Waals surface area contributed by atoms with Crippen LogP contribution in [0.1, 0.15) is 188 Å². The van der Waals surface area contributed by atoms with Crippen LogP contribution in [0.15, 0.2) is 12.4 Å². The average molecular weight is 505 g/mol. The largest absolute Gasteiger partial charge is 0.356 e. The highest BCUT2D eigenvalue weighted by molar-refractivity contribution is 4.97. The first-order valence-corrected chi connectivity index (χ1v) is 17.0. The van der Waals surface area contributed by atoms with Crippen LogP contribution in [0.3, 0.4) is 0 Å². The fraction of sp³-hybridized carbons (Fsp3) is 0.941. The van der Waals surface area contributed by atoms with E-state index in [0.29, 0.717) is 6.17 Å². The number of unbranched alkanes of at least 4 members (excludes halogenated alkanes) is 22. The fourth-order valence-electron chi connectivity index (χ4n) is 5.83. The molecule has 1 unspecified atom stereocenters. The van der Waals surface area contributed by atoms with E-state index < -0.39 is 0 Å². The first-order chi connectivity index (χ1) is 17.8. The van der Waals surface area contributed by atoms with Crippen molar-refractivity contribution in [1.29, 1.82) is 0 Å². The molecule has 0 aromatic rings. The Hall–Kier alpha value is -0.660. The number of nitrogens with zero attached hydrogens (tertiary/aromatic N) is 2. The highest BCUT2D eigenvalue weighted by atomic mass is 15.4. The zero-order chi connectivity index (χ0) is 25.9. The van der Waals surface area contributed by atoms with Crippen LogP contribution >= 0.6 is 0 Å². The van der Waals surface area contributed by atoms with Gasteiger partial charge in [-0.25, -0.2) is 0 Å². The van der Waals surface area contributed by atoms with Crippen molar-refractivity contribution in [2.24, 2.45) is 0 Å². The first kappa shape index (κ1) is 33.4. The van der Waals surface area contributed by atoms with E-state index in [1.165, 1.54) is 180 Å². The molecule has 0 saturated heterocycles. The van der Waals surface area contributed by atoms with Gasteiger partial charge in [0.1, 0.15) is 6.17 Å². The predicted octanol–water partition coefficient (Wildman–Crippen LogP) is 11.6. The van der Waals surface area contributed by atoms with E-state index in [1.807, 2.05) is 0 Å². The summed E-state index contributed by atoms with van der Waals surface area (Å²) in [5, 5.41) is 0. The van der Waals surface area contributed by atoms with Gasteiger partial charge in [-0.2, -0.15) is 0 Å². The quantitative estimate of drug-likeness (QED) is 0.0977.